The van der Waals surface area contributed by atoms with Gasteiger partial charge in [-0.3, -0.25) is 13.9 Å². The maximum Gasteiger partial charge on any atom is 0.509 e. The molecule has 0 saturated carbocycles. The standard InChI is InChI=1S/C35H50FN4O13PS/c1-32(2,3)50-29(43)40(30(44)51-33(4,5)6)23-18-19-39(28(42)37-23)26-24(36)25(49-31(45)52-34(7,8)9)22(55-26)20-48-54(46,38-35(10,11)27(41)47-12)53-21-16-14-13-15-17-21/h13-19,22,24-26H,20H2,1-12H3,(H,38,46)/t22-,24+,25-,26-,54?/m1/s1. The average Bonchev–Trinajstić information content (AvgIpc) is 3.31. The summed E-state index contributed by atoms with van der Waals surface area (Å²) in [4.78, 5) is 69.5. The number of aromatic nitrogens is 2. The maximum absolute atomic E-state index is 16.5. The molecule has 0 radical (unpaired) electrons. The van der Waals surface area contributed by atoms with Crippen LogP contribution in [0.15, 0.2) is 47.4 Å². The van der Waals surface area contributed by atoms with E-state index in [1.807, 2.05) is 0 Å². The highest BCUT2D eigenvalue weighted by atomic mass is 32.2. The van der Waals surface area contributed by atoms with Crippen molar-refractivity contribution in [3.63, 3.8) is 0 Å². The van der Waals surface area contributed by atoms with Crippen molar-refractivity contribution in [2.75, 3.05) is 18.6 Å². The van der Waals surface area contributed by atoms with Gasteiger partial charge in [-0.2, -0.15) is 15.0 Å². The number of benzene rings is 1. The molecule has 1 aromatic carbocycles. The van der Waals surface area contributed by atoms with Crippen molar-refractivity contribution in [1.29, 1.82) is 0 Å². The summed E-state index contributed by atoms with van der Waals surface area (Å²) in [6.07, 6.45) is -6.29. The summed E-state index contributed by atoms with van der Waals surface area (Å²) in [6, 6.07) is 9.00. The number of carbonyl (C=O) groups excluding carboxylic acids is 4. The molecule has 1 aliphatic heterocycles. The van der Waals surface area contributed by atoms with Gasteiger partial charge in [-0.15, -0.1) is 11.8 Å². The third-order valence-electron chi connectivity index (χ3n) is 6.85. The lowest BCUT2D eigenvalue weighted by Gasteiger charge is -2.30. The molecule has 2 aromatic rings. The zero-order chi connectivity index (χ0) is 41.7. The highest BCUT2D eigenvalue weighted by molar-refractivity contribution is 8.00. The fraction of sp³-hybridized carbons (Fsp3) is 0.600. The number of methoxy groups -OCH3 is 1. The number of hydrogen-bond donors (Lipinski definition) is 1. The molecule has 2 heterocycles. The quantitative estimate of drug-likeness (QED) is 0.139. The number of amides is 2. The monoisotopic (exact) mass is 816 g/mol. The number of imide groups is 1. The molecular weight excluding hydrogens is 766 g/mol. The fourth-order valence-corrected chi connectivity index (χ4v) is 7.95. The van der Waals surface area contributed by atoms with Gasteiger partial charge in [0.25, 0.3) is 0 Å². The Balaban J connectivity index is 2.02. The van der Waals surface area contributed by atoms with Crippen LogP contribution < -0.4 is 20.2 Å². The number of anilines is 1. The van der Waals surface area contributed by atoms with Crippen LogP contribution in [0.2, 0.25) is 0 Å². The number of hydrogen-bond acceptors (Lipinski definition) is 15. The first kappa shape index (κ1) is 45.2. The number of esters is 1. The SMILES string of the molecule is COC(=O)C(C)(C)NP(=O)(OC[C@H]1S[C@@H](n2ccc(N(C(=O)OC(C)(C)C)C(=O)OC(C)(C)C)nc2=O)[C@@H](F)[C@@H]1OC(=O)OC(C)(C)C)Oc1ccccc1. The van der Waals surface area contributed by atoms with Crippen LogP contribution in [0, 0.1) is 0 Å². The Morgan fingerprint density at radius 2 is 1.44 bits per heavy atom. The zero-order valence-corrected chi connectivity index (χ0v) is 34.7. The molecule has 1 saturated heterocycles. The van der Waals surface area contributed by atoms with Crippen molar-refractivity contribution in [3.8, 4) is 5.75 Å². The van der Waals surface area contributed by atoms with Gasteiger partial charge in [-0.1, -0.05) is 18.2 Å². The van der Waals surface area contributed by atoms with Gasteiger partial charge in [0.15, 0.2) is 18.1 Å². The first-order chi connectivity index (χ1) is 25.1. The second-order valence-electron chi connectivity index (χ2n) is 15.8. The molecule has 1 unspecified atom stereocenters. The predicted molar refractivity (Wildman–Crippen MR) is 200 cm³/mol. The topological polar surface area (TPSA) is 200 Å². The van der Waals surface area contributed by atoms with E-state index >= 15 is 4.39 Å². The molecule has 1 fully saturated rings. The molecule has 5 atom stereocenters. The molecule has 1 aliphatic rings. The number of rotatable bonds is 11. The zero-order valence-electron chi connectivity index (χ0n) is 32.9. The molecule has 3 rings (SSSR count). The Kier molecular flexibility index (Phi) is 14.2. The minimum absolute atomic E-state index is 0.102. The van der Waals surface area contributed by atoms with E-state index in [0.717, 1.165) is 35.7 Å². The lowest BCUT2D eigenvalue weighted by molar-refractivity contribution is -0.146. The number of alkyl halides is 1. The fourth-order valence-electron chi connectivity index (χ4n) is 4.69. The summed E-state index contributed by atoms with van der Waals surface area (Å²) in [5, 5.41) is -0.0539. The lowest BCUT2D eigenvalue weighted by atomic mass is 10.1. The molecule has 55 heavy (non-hydrogen) atoms. The average molecular weight is 817 g/mol. The second kappa shape index (κ2) is 17.3. The van der Waals surface area contributed by atoms with Crippen LogP contribution in [0.5, 0.6) is 5.75 Å². The summed E-state index contributed by atoms with van der Waals surface area (Å²) < 4.78 is 69.3. The number of para-hydroxylation sites is 1. The van der Waals surface area contributed by atoms with E-state index in [1.165, 1.54) is 26.0 Å². The summed E-state index contributed by atoms with van der Waals surface area (Å²) in [7, 11) is -3.36. The van der Waals surface area contributed by atoms with Crippen LogP contribution >= 0.6 is 19.5 Å². The van der Waals surface area contributed by atoms with Crippen LogP contribution in [0.4, 0.5) is 24.6 Å². The molecule has 2 amide bonds. The molecule has 0 spiro atoms. The minimum Gasteiger partial charge on any atom is -0.468 e. The summed E-state index contributed by atoms with van der Waals surface area (Å²) in [6.45, 7) is 16.3. The Hall–Kier alpha value is -4.19. The number of halogens is 1. The molecule has 0 bridgehead atoms. The van der Waals surface area contributed by atoms with Crippen molar-refractivity contribution >= 4 is 49.6 Å². The van der Waals surface area contributed by atoms with Crippen LogP contribution in [0.1, 0.15) is 81.5 Å². The molecule has 306 valence electrons. The van der Waals surface area contributed by atoms with Crippen LogP contribution in [-0.4, -0.2) is 87.4 Å². The van der Waals surface area contributed by atoms with Crippen molar-refractivity contribution in [3.05, 3.63) is 53.1 Å². The number of thioether (sulfide) groups is 1. The highest BCUT2D eigenvalue weighted by Gasteiger charge is 2.51. The molecule has 1 N–H and O–H groups in total. The van der Waals surface area contributed by atoms with E-state index in [-0.39, 0.29) is 5.75 Å². The summed E-state index contributed by atoms with van der Waals surface area (Å²) in [5.41, 5.74) is -5.82. The van der Waals surface area contributed by atoms with E-state index in [1.54, 1.807) is 80.5 Å². The first-order valence-electron chi connectivity index (χ1n) is 17.1. The van der Waals surface area contributed by atoms with Gasteiger partial charge < -0.3 is 28.2 Å². The first-order valence-corrected chi connectivity index (χ1v) is 19.5. The van der Waals surface area contributed by atoms with Crippen LogP contribution in [0.3, 0.4) is 0 Å². The van der Waals surface area contributed by atoms with Crippen molar-refractivity contribution in [1.82, 2.24) is 14.6 Å². The smallest absolute Gasteiger partial charge is 0.468 e. The Bertz CT molecular complexity index is 1780. The van der Waals surface area contributed by atoms with E-state index in [2.05, 4.69) is 10.1 Å². The van der Waals surface area contributed by atoms with Gasteiger partial charge in [0, 0.05) is 6.20 Å². The van der Waals surface area contributed by atoms with E-state index in [0.29, 0.717) is 4.90 Å². The summed E-state index contributed by atoms with van der Waals surface area (Å²) >= 11 is 0.770. The van der Waals surface area contributed by atoms with Gasteiger partial charge in [-0.25, -0.2) is 28.1 Å². The highest BCUT2D eigenvalue weighted by Crippen LogP contribution is 2.50. The lowest BCUT2D eigenvalue weighted by Crippen LogP contribution is -2.47. The van der Waals surface area contributed by atoms with E-state index in [9.17, 15) is 28.5 Å². The van der Waals surface area contributed by atoms with E-state index < -0.39 is 95.4 Å². The van der Waals surface area contributed by atoms with Gasteiger partial charge >= 0.3 is 37.7 Å². The molecule has 20 heteroatoms. The van der Waals surface area contributed by atoms with Crippen LogP contribution in [0.25, 0.3) is 0 Å². The van der Waals surface area contributed by atoms with Gasteiger partial charge in [0.1, 0.15) is 33.5 Å². The molecule has 17 nitrogen and oxygen atoms in total. The minimum atomic E-state index is -4.50. The second-order valence-corrected chi connectivity index (χ2v) is 18.8. The van der Waals surface area contributed by atoms with Gasteiger partial charge in [-0.05, 0) is 94.4 Å². The molecule has 1 aromatic heterocycles. The normalized spacial score (nSPS) is 20.1. The number of ether oxygens (including phenoxy) is 5. The van der Waals surface area contributed by atoms with Crippen molar-refractivity contribution in [2.24, 2.45) is 0 Å². The number of carbonyl (C=O) groups is 4. The molecular formula is C35H50FN4O13PS. The summed E-state index contributed by atoms with van der Waals surface area (Å²) in [5.74, 6) is -1.17. The Morgan fingerprint density at radius 1 is 0.891 bits per heavy atom. The maximum atomic E-state index is 16.5. The van der Waals surface area contributed by atoms with Gasteiger partial charge in [0.05, 0.1) is 19.0 Å². The van der Waals surface area contributed by atoms with Crippen LogP contribution in [-0.2, 0) is 37.6 Å². The Labute approximate surface area is 323 Å². The third kappa shape index (κ3) is 13.2. The van der Waals surface area contributed by atoms with E-state index in [4.69, 9.17) is 32.7 Å². The third-order valence-corrected chi connectivity index (χ3v) is 10.1. The number of nitrogens with one attached hydrogen (secondary N) is 1. The molecule has 0 aliphatic carbocycles. The van der Waals surface area contributed by atoms with Gasteiger partial charge in [0.2, 0.25) is 0 Å². The number of nitrogens with zero attached hydrogens (tertiary/aromatic N) is 3. The predicted octanol–water partition coefficient (Wildman–Crippen LogP) is 6.94. The van der Waals surface area contributed by atoms with Crippen molar-refractivity contribution in [2.45, 2.75) is 121 Å². The Morgan fingerprint density at radius 3 is 1.93 bits per heavy atom. The largest absolute Gasteiger partial charge is 0.509 e. The van der Waals surface area contributed by atoms with Crippen molar-refractivity contribution < 1.29 is 60.9 Å².